The summed E-state index contributed by atoms with van der Waals surface area (Å²) in [5.41, 5.74) is 2.65. The smallest absolute Gasteiger partial charge is 0.191 e. The number of thiophene rings is 1. The van der Waals surface area contributed by atoms with Gasteiger partial charge in [-0.2, -0.15) is 0 Å². The van der Waals surface area contributed by atoms with Crippen LogP contribution in [-0.2, 0) is 6.54 Å². The minimum absolute atomic E-state index is 0. The summed E-state index contributed by atoms with van der Waals surface area (Å²) >= 11 is 1.75. The van der Waals surface area contributed by atoms with Gasteiger partial charge < -0.3 is 10.6 Å². The number of nitrogens with zero attached hydrogens (tertiary/aromatic N) is 1. The SMILES string of the molecule is CN=C(NCc1cccs1)NCC(C)c1ccc(C)cc1.I. The van der Waals surface area contributed by atoms with E-state index < -0.39 is 0 Å². The van der Waals surface area contributed by atoms with E-state index in [2.05, 4.69) is 71.3 Å². The Hall–Kier alpha value is -1.08. The third-order valence-electron chi connectivity index (χ3n) is 3.46. The quantitative estimate of drug-likeness (QED) is 0.426. The number of benzene rings is 1. The molecule has 1 unspecified atom stereocenters. The Bertz CT molecular complexity index is 564. The predicted octanol–water partition coefficient (Wildman–Crippen LogP) is 4.14. The van der Waals surface area contributed by atoms with E-state index in [4.69, 9.17) is 0 Å². The van der Waals surface area contributed by atoms with Crippen molar-refractivity contribution in [2.24, 2.45) is 4.99 Å². The van der Waals surface area contributed by atoms with Gasteiger partial charge in [0.05, 0.1) is 6.54 Å². The number of nitrogens with one attached hydrogen (secondary N) is 2. The van der Waals surface area contributed by atoms with Gasteiger partial charge in [-0.05, 0) is 29.9 Å². The van der Waals surface area contributed by atoms with Crippen LogP contribution in [-0.4, -0.2) is 19.6 Å². The van der Waals surface area contributed by atoms with Gasteiger partial charge in [0.1, 0.15) is 0 Å². The zero-order chi connectivity index (χ0) is 15.1. The van der Waals surface area contributed by atoms with Crippen molar-refractivity contribution >= 4 is 41.3 Å². The van der Waals surface area contributed by atoms with Crippen molar-refractivity contribution in [2.45, 2.75) is 26.3 Å². The fourth-order valence-corrected chi connectivity index (χ4v) is 2.71. The Kier molecular flexibility index (Phi) is 8.48. The molecule has 0 aliphatic rings. The van der Waals surface area contributed by atoms with Crippen molar-refractivity contribution in [1.82, 2.24) is 10.6 Å². The standard InChI is InChI=1S/C17H23N3S.HI/c1-13-6-8-15(9-7-13)14(2)11-19-17(18-3)20-12-16-5-4-10-21-16;/h4-10,14H,11-12H2,1-3H3,(H2,18,19,20);1H. The fourth-order valence-electron chi connectivity index (χ4n) is 2.07. The van der Waals surface area contributed by atoms with Crippen molar-refractivity contribution in [2.75, 3.05) is 13.6 Å². The summed E-state index contributed by atoms with van der Waals surface area (Å²) in [5, 5.41) is 8.82. The molecule has 3 nitrogen and oxygen atoms in total. The van der Waals surface area contributed by atoms with E-state index in [1.165, 1.54) is 16.0 Å². The Balaban J connectivity index is 0.00000242. The second-order valence-corrected chi connectivity index (χ2v) is 6.23. The first kappa shape index (κ1) is 19.0. The average molecular weight is 429 g/mol. The van der Waals surface area contributed by atoms with Crippen molar-refractivity contribution in [3.63, 3.8) is 0 Å². The molecule has 0 saturated carbocycles. The van der Waals surface area contributed by atoms with E-state index in [0.717, 1.165) is 19.0 Å². The third kappa shape index (κ3) is 5.96. The molecular weight excluding hydrogens is 405 g/mol. The molecule has 0 spiro atoms. The number of hydrogen-bond acceptors (Lipinski definition) is 2. The second kappa shape index (κ2) is 9.84. The van der Waals surface area contributed by atoms with E-state index in [-0.39, 0.29) is 24.0 Å². The molecule has 1 heterocycles. The molecule has 0 aliphatic carbocycles. The third-order valence-corrected chi connectivity index (χ3v) is 4.33. The summed E-state index contributed by atoms with van der Waals surface area (Å²) in [4.78, 5) is 5.58. The van der Waals surface area contributed by atoms with Crippen LogP contribution in [0.1, 0.15) is 28.8 Å². The minimum atomic E-state index is 0. The Morgan fingerprint density at radius 3 is 2.50 bits per heavy atom. The molecule has 0 aliphatic heterocycles. The summed E-state index contributed by atoms with van der Waals surface area (Å²) in [7, 11) is 1.81. The van der Waals surface area contributed by atoms with Gasteiger partial charge in [0.15, 0.2) is 5.96 Å². The molecule has 0 bridgehead atoms. The summed E-state index contributed by atoms with van der Waals surface area (Å²) in [5.74, 6) is 1.30. The highest BCUT2D eigenvalue weighted by Gasteiger charge is 2.06. The molecule has 0 saturated heterocycles. The zero-order valence-corrected chi connectivity index (χ0v) is 16.4. The maximum Gasteiger partial charge on any atom is 0.191 e. The largest absolute Gasteiger partial charge is 0.356 e. The van der Waals surface area contributed by atoms with E-state index in [1.807, 2.05) is 0 Å². The van der Waals surface area contributed by atoms with Crippen LogP contribution in [0.4, 0.5) is 0 Å². The molecule has 22 heavy (non-hydrogen) atoms. The number of halogens is 1. The van der Waals surface area contributed by atoms with Crippen molar-refractivity contribution < 1.29 is 0 Å². The highest BCUT2D eigenvalue weighted by atomic mass is 127. The zero-order valence-electron chi connectivity index (χ0n) is 13.3. The Morgan fingerprint density at radius 2 is 1.91 bits per heavy atom. The number of rotatable bonds is 5. The number of aryl methyl sites for hydroxylation is 1. The topological polar surface area (TPSA) is 36.4 Å². The van der Waals surface area contributed by atoms with Crippen molar-refractivity contribution in [1.29, 1.82) is 0 Å². The molecule has 0 amide bonds. The lowest BCUT2D eigenvalue weighted by Gasteiger charge is -2.16. The first-order valence-corrected chi connectivity index (χ1v) is 8.10. The normalized spacial score (nSPS) is 12.4. The average Bonchev–Trinajstić information content (AvgIpc) is 3.01. The van der Waals surface area contributed by atoms with E-state index >= 15 is 0 Å². The van der Waals surface area contributed by atoms with Crippen LogP contribution < -0.4 is 10.6 Å². The van der Waals surface area contributed by atoms with Crippen LogP contribution in [0.25, 0.3) is 0 Å². The molecule has 1 aromatic carbocycles. The lowest BCUT2D eigenvalue weighted by atomic mass is 10.0. The van der Waals surface area contributed by atoms with Crippen LogP contribution in [0.2, 0.25) is 0 Å². The predicted molar refractivity (Wildman–Crippen MR) is 108 cm³/mol. The lowest BCUT2D eigenvalue weighted by Crippen LogP contribution is -2.38. The van der Waals surface area contributed by atoms with Crippen molar-refractivity contribution in [3.8, 4) is 0 Å². The molecule has 5 heteroatoms. The van der Waals surface area contributed by atoms with Crippen LogP contribution in [0.5, 0.6) is 0 Å². The highest BCUT2D eigenvalue weighted by Crippen LogP contribution is 2.14. The summed E-state index contributed by atoms with van der Waals surface area (Å²) in [6.07, 6.45) is 0. The molecule has 0 radical (unpaired) electrons. The maximum absolute atomic E-state index is 4.27. The van der Waals surface area contributed by atoms with E-state index in [0.29, 0.717) is 5.92 Å². The first-order valence-electron chi connectivity index (χ1n) is 7.22. The summed E-state index contributed by atoms with van der Waals surface area (Å²) in [6.45, 7) is 6.02. The van der Waals surface area contributed by atoms with Gasteiger partial charge >= 0.3 is 0 Å². The van der Waals surface area contributed by atoms with Gasteiger partial charge in [-0.1, -0.05) is 42.8 Å². The summed E-state index contributed by atoms with van der Waals surface area (Å²) < 4.78 is 0. The van der Waals surface area contributed by atoms with Gasteiger partial charge in [-0.15, -0.1) is 35.3 Å². The van der Waals surface area contributed by atoms with Gasteiger partial charge in [-0.3, -0.25) is 4.99 Å². The van der Waals surface area contributed by atoms with Crippen LogP contribution in [0.3, 0.4) is 0 Å². The molecule has 0 fully saturated rings. The summed E-state index contributed by atoms with van der Waals surface area (Å²) in [6, 6.07) is 12.9. The second-order valence-electron chi connectivity index (χ2n) is 5.20. The molecule has 2 aromatic rings. The molecule has 1 atom stereocenters. The highest BCUT2D eigenvalue weighted by molar-refractivity contribution is 14.0. The monoisotopic (exact) mass is 429 g/mol. The van der Waals surface area contributed by atoms with Crippen LogP contribution >= 0.6 is 35.3 Å². The van der Waals surface area contributed by atoms with Crippen LogP contribution in [0.15, 0.2) is 46.8 Å². The van der Waals surface area contributed by atoms with E-state index in [9.17, 15) is 0 Å². The first-order chi connectivity index (χ1) is 10.2. The fraction of sp³-hybridized carbons (Fsp3) is 0.353. The van der Waals surface area contributed by atoms with Gasteiger partial charge in [0.2, 0.25) is 0 Å². The van der Waals surface area contributed by atoms with Gasteiger partial charge in [0, 0.05) is 18.5 Å². The molecule has 2 rings (SSSR count). The number of hydrogen-bond donors (Lipinski definition) is 2. The van der Waals surface area contributed by atoms with Crippen molar-refractivity contribution in [3.05, 3.63) is 57.8 Å². The molecular formula is C17H24IN3S. The van der Waals surface area contributed by atoms with Gasteiger partial charge in [-0.25, -0.2) is 0 Å². The maximum atomic E-state index is 4.27. The number of guanidine groups is 1. The Labute approximate surface area is 154 Å². The van der Waals surface area contributed by atoms with Crippen LogP contribution in [0, 0.1) is 6.92 Å². The molecule has 2 N–H and O–H groups in total. The molecule has 1 aromatic heterocycles. The minimum Gasteiger partial charge on any atom is -0.356 e. The van der Waals surface area contributed by atoms with Gasteiger partial charge in [0.25, 0.3) is 0 Å². The molecule has 120 valence electrons. The Morgan fingerprint density at radius 1 is 1.18 bits per heavy atom. The number of aliphatic imine (C=N–C) groups is 1. The van der Waals surface area contributed by atoms with E-state index in [1.54, 1.807) is 18.4 Å². The lowest BCUT2D eigenvalue weighted by molar-refractivity contribution is 0.699.